The molecule has 6 aliphatic rings. The Labute approximate surface area is 358 Å². The number of likely N-dealkylation sites (tertiary alicyclic amines) is 2. The predicted molar refractivity (Wildman–Crippen MR) is 208 cm³/mol. The average molecular weight is 918 g/mol. The number of rotatable bonds is 15. The van der Waals surface area contributed by atoms with E-state index in [-0.39, 0.29) is 75.8 Å². The van der Waals surface area contributed by atoms with Crippen LogP contribution >= 0.6 is 0 Å². The first-order valence-corrected chi connectivity index (χ1v) is 22.5. The van der Waals surface area contributed by atoms with E-state index in [0.717, 1.165) is 49.0 Å². The fourth-order valence-corrected chi connectivity index (χ4v) is 9.67. The van der Waals surface area contributed by atoms with Gasteiger partial charge in [-0.05, 0) is 63.1 Å². The SMILES string of the molecule is C[C@@H](OCC12CCC(CC1)OC2)C(NC(=O)[C@@H]1CN(C(=O)c2cnn(Cc3ccc(C(F)(F)F)cc3)c2)CC12CN(C(=O)C1(C(F)(F)F)CC1)C2)C(=O)NCCC(=O)NS(C)(=O)=O. The van der Waals surface area contributed by atoms with Gasteiger partial charge in [0.25, 0.3) is 5.91 Å². The lowest BCUT2D eigenvalue weighted by Crippen LogP contribution is -2.67. The second kappa shape index (κ2) is 17.0. The zero-order valence-corrected chi connectivity index (χ0v) is 35.3. The van der Waals surface area contributed by atoms with Gasteiger partial charge >= 0.3 is 12.4 Å². The molecule has 1 unspecified atom stereocenters. The highest BCUT2D eigenvalue weighted by Gasteiger charge is 2.71. The lowest BCUT2D eigenvalue weighted by atomic mass is 9.70. The van der Waals surface area contributed by atoms with Gasteiger partial charge < -0.3 is 29.9 Å². The van der Waals surface area contributed by atoms with Crippen LogP contribution in [0.1, 0.15) is 73.4 Å². The molecule has 2 aromatic rings. The lowest BCUT2D eigenvalue weighted by Gasteiger charge is -2.51. The van der Waals surface area contributed by atoms with Crippen molar-refractivity contribution in [3.8, 4) is 0 Å². The molecule has 3 atom stereocenters. The Hall–Kier alpha value is -4.77. The number of hydrogen-bond donors (Lipinski definition) is 3. The van der Waals surface area contributed by atoms with Crippen molar-refractivity contribution in [3.63, 3.8) is 0 Å². The van der Waals surface area contributed by atoms with Gasteiger partial charge in [0.2, 0.25) is 33.7 Å². The molecule has 8 rings (SSSR count). The van der Waals surface area contributed by atoms with E-state index in [1.54, 1.807) is 11.6 Å². The smallest absolute Gasteiger partial charge is 0.378 e. The largest absolute Gasteiger partial charge is 0.416 e. The molecule has 4 saturated heterocycles. The number of aromatic nitrogens is 2. The molecule has 6 fully saturated rings. The minimum Gasteiger partial charge on any atom is -0.378 e. The number of benzene rings is 1. The van der Waals surface area contributed by atoms with E-state index in [1.165, 1.54) is 34.1 Å². The maximum Gasteiger partial charge on any atom is 0.416 e. The molecule has 1 aromatic heterocycles. The number of carbonyl (C=O) groups excluding carboxylic acids is 5. The molecule has 16 nitrogen and oxygen atoms in total. The summed E-state index contributed by atoms with van der Waals surface area (Å²) in [6, 6.07) is 2.98. The summed E-state index contributed by atoms with van der Waals surface area (Å²) in [5.74, 6) is -5.29. The van der Waals surface area contributed by atoms with E-state index in [1.807, 2.05) is 0 Å². The number of carbonyl (C=O) groups is 5. The molecule has 346 valence electrons. The van der Waals surface area contributed by atoms with Gasteiger partial charge in [0.05, 0.1) is 61.5 Å². The highest BCUT2D eigenvalue weighted by molar-refractivity contribution is 7.89. The van der Waals surface area contributed by atoms with Gasteiger partial charge in [0.1, 0.15) is 11.5 Å². The first kappa shape index (κ1) is 46.2. The molecule has 23 heteroatoms. The summed E-state index contributed by atoms with van der Waals surface area (Å²) < 4.78 is 120. The van der Waals surface area contributed by atoms with E-state index in [4.69, 9.17) is 9.47 Å². The van der Waals surface area contributed by atoms with Crippen LogP contribution in [0.4, 0.5) is 26.3 Å². The Morgan fingerprint density at radius 3 is 2.19 bits per heavy atom. The second-order valence-electron chi connectivity index (χ2n) is 17.8. The molecule has 2 aliphatic carbocycles. The third kappa shape index (κ3) is 9.98. The van der Waals surface area contributed by atoms with Crippen molar-refractivity contribution in [2.75, 3.05) is 52.2 Å². The maximum atomic E-state index is 14.5. The summed E-state index contributed by atoms with van der Waals surface area (Å²) in [6.07, 6.45) is -4.55. The van der Waals surface area contributed by atoms with Crippen LogP contribution in [0.2, 0.25) is 0 Å². The molecule has 1 aromatic carbocycles. The van der Waals surface area contributed by atoms with E-state index < -0.39 is 92.8 Å². The van der Waals surface area contributed by atoms with Crippen LogP contribution in [0.3, 0.4) is 0 Å². The van der Waals surface area contributed by atoms with Crippen LogP contribution in [0, 0.1) is 22.2 Å². The van der Waals surface area contributed by atoms with Crippen LogP contribution in [0.15, 0.2) is 36.7 Å². The van der Waals surface area contributed by atoms with E-state index in [2.05, 4.69) is 15.7 Å². The van der Waals surface area contributed by atoms with Crippen molar-refractivity contribution in [1.29, 1.82) is 0 Å². The Morgan fingerprint density at radius 2 is 1.62 bits per heavy atom. The molecular weight excluding hydrogens is 869 g/mol. The third-order valence-corrected chi connectivity index (χ3v) is 13.6. The van der Waals surface area contributed by atoms with Crippen molar-refractivity contribution in [1.82, 2.24) is 34.9 Å². The summed E-state index contributed by atoms with van der Waals surface area (Å²) >= 11 is 0. The average Bonchev–Trinajstić information content (AvgIpc) is 3.75. The Bertz CT molecular complexity index is 2190. The summed E-state index contributed by atoms with van der Waals surface area (Å²) in [7, 11) is -3.87. The summed E-state index contributed by atoms with van der Waals surface area (Å²) in [6.45, 7) is 0.898. The number of amides is 5. The molecule has 2 saturated carbocycles. The topological polar surface area (TPSA) is 198 Å². The zero-order valence-electron chi connectivity index (χ0n) is 34.5. The molecule has 1 spiro atoms. The van der Waals surface area contributed by atoms with Gasteiger partial charge in [-0.3, -0.25) is 33.4 Å². The predicted octanol–water partition coefficient (Wildman–Crippen LogP) is 2.62. The normalized spacial score (nSPS) is 24.6. The zero-order chi connectivity index (χ0) is 45.8. The van der Waals surface area contributed by atoms with Crippen LogP contribution in [0.25, 0.3) is 0 Å². The number of hydrogen-bond acceptors (Lipinski definition) is 10. The Balaban J connectivity index is 1.09. The fourth-order valence-electron chi connectivity index (χ4n) is 9.15. The van der Waals surface area contributed by atoms with Gasteiger partial charge in [0, 0.05) is 56.2 Å². The quantitative estimate of drug-likeness (QED) is 0.224. The highest BCUT2D eigenvalue weighted by atomic mass is 32.2. The highest BCUT2D eigenvalue weighted by Crippen LogP contribution is 2.60. The number of fused-ring (bicyclic) bond motifs is 3. The Kier molecular flexibility index (Phi) is 12.5. The standard InChI is InChI=1S/C40H49F6N7O9S/c1-24(61-22-36-10-7-28(8-11-36)62-23-36)31(33(56)47-14-9-30(54)50-63(2,59)60)49-32(55)29-18-51(19-37(29)20-52(21-37)35(58)38(12-13-38)40(44,45)46)34(57)26-15-48-53(17-26)16-25-3-5-27(6-4-25)39(41,42)43/h3-6,15,17,24,28-29,31H,7-14,16,18-23H2,1-2H3,(H,47,56)(H,49,55)(H,50,54)/t24-,28?,29+,31?,36?/m1/s1. The van der Waals surface area contributed by atoms with Crippen LogP contribution in [-0.4, -0.2) is 134 Å². The maximum absolute atomic E-state index is 14.5. The number of halogens is 6. The number of sulfonamides is 1. The van der Waals surface area contributed by atoms with Gasteiger partial charge in [0.15, 0.2) is 0 Å². The molecule has 5 amide bonds. The molecule has 2 bridgehead atoms. The Morgan fingerprint density at radius 1 is 0.968 bits per heavy atom. The summed E-state index contributed by atoms with van der Waals surface area (Å²) in [4.78, 5) is 70.1. The van der Waals surface area contributed by atoms with Gasteiger partial charge in [-0.15, -0.1) is 0 Å². The van der Waals surface area contributed by atoms with Crippen molar-refractivity contribution < 1.29 is 68.2 Å². The minimum atomic E-state index is -4.79. The van der Waals surface area contributed by atoms with Crippen molar-refractivity contribution in [3.05, 3.63) is 53.3 Å². The monoisotopic (exact) mass is 917 g/mol. The second-order valence-corrected chi connectivity index (χ2v) is 19.6. The number of nitrogens with one attached hydrogen (secondary N) is 3. The molecular formula is C40H49F6N7O9S. The number of alkyl halides is 6. The fraction of sp³-hybridized carbons (Fsp3) is 0.650. The van der Waals surface area contributed by atoms with Crippen molar-refractivity contribution in [2.45, 2.75) is 89.0 Å². The van der Waals surface area contributed by atoms with E-state index in [9.17, 15) is 58.7 Å². The van der Waals surface area contributed by atoms with Gasteiger partial charge in [-0.2, -0.15) is 31.4 Å². The number of nitrogens with zero attached hydrogens (tertiary/aromatic N) is 4. The van der Waals surface area contributed by atoms with Crippen LogP contribution < -0.4 is 15.4 Å². The minimum absolute atomic E-state index is 0.0131. The molecule has 4 aliphatic heterocycles. The van der Waals surface area contributed by atoms with Gasteiger partial charge in [-0.25, -0.2) is 8.42 Å². The molecule has 5 heterocycles. The van der Waals surface area contributed by atoms with Crippen LogP contribution in [0.5, 0.6) is 0 Å². The molecule has 0 radical (unpaired) electrons. The molecule has 3 N–H and O–H groups in total. The lowest BCUT2D eigenvalue weighted by molar-refractivity contribution is -0.205. The van der Waals surface area contributed by atoms with Crippen molar-refractivity contribution in [2.24, 2.45) is 22.2 Å². The first-order valence-electron chi connectivity index (χ1n) is 20.6. The first-order chi connectivity index (χ1) is 29.4. The van der Waals surface area contributed by atoms with Crippen LogP contribution in [-0.2, 0) is 51.4 Å². The van der Waals surface area contributed by atoms with E-state index >= 15 is 0 Å². The summed E-state index contributed by atoms with van der Waals surface area (Å²) in [5.41, 5.74) is -4.37. The van der Waals surface area contributed by atoms with Gasteiger partial charge in [-0.1, -0.05) is 12.1 Å². The molecule has 63 heavy (non-hydrogen) atoms. The van der Waals surface area contributed by atoms with E-state index in [0.29, 0.717) is 12.2 Å². The van der Waals surface area contributed by atoms with Crippen molar-refractivity contribution >= 4 is 39.6 Å². The summed E-state index contributed by atoms with van der Waals surface area (Å²) in [5, 5.41) is 9.44. The third-order valence-electron chi connectivity index (χ3n) is 13.0. The number of ether oxygens (including phenoxy) is 2.